The molecule has 1 aromatic carbocycles. The minimum atomic E-state index is -0.190. The van der Waals surface area contributed by atoms with Crippen molar-refractivity contribution in [2.45, 2.75) is 6.92 Å². The highest BCUT2D eigenvalue weighted by molar-refractivity contribution is 7.08. The Morgan fingerprint density at radius 2 is 2.24 bits per heavy atom. The maximum Gasteiger partial charge on any atom is 0.247 e. The van der Waals surface area contributed by atoms with Gasteiger partial charge in [-0.1, -0.05) is 12.6 Å². The van der Waals surface area contributed by atoms with Crippen molar-refractivity contribution < 1.29 is 4.79 Å². The van der Waals surface area contributed by atoms with Crippen LogP contribution in [0.4, 0.5) is 5.69 Å². The molecule has 2 rings (SSSR count). The molecule has 0 spiro atoms. The fourth-order valence-corrected chi connectivity index (χ4v) is 2.28. The van der Waals surface area contributed by atoms with E-state index in [-0.39, 0.29) is 5.91 Å². The molecular formula is C14H13NOS. The van der Waals surface area contributed by atoms with Gasteiger partial charge >= 0.3 is 0 Å². The smallest absolute Gasteiger partial charge is 0.247 e. The summed E-state index contributed by atoms with van der Waals surface area (Å²) < 4.78 is 0. The number of benzene rings is 1. The first kappa shape index (κ1) is 11.6. The Morgan fingerprint density at radius 1 is 1.41 bits per heavy atom. The van der Waals surface area contributed by atoms with E-state index in [1.165, 1.54) is 17.2 Å². The highest BCUT2D eigenvalue weighted by atomic mass is 32.1. The molecule has 1 N–H and O–H groups in total. The molecule has 1 aromatic heterocycles. The molecule has 86 valence electrons. The topological polar surface area (TPSA) is 29.1 Å². The molecule has 0 atom stereocenters. The first-order valence-electron chi connectivity index (χ1n) is 5.27. The average molecular weight is 243 g/mol. The summed E-state index contributed by atoms with van der Waals surface area (Å²) in [6.07, 6.45) is 1.27. The molecule has 3 heteroatoms. The van der Waals surface area contributed by atoms with E-state index < -0.39 is 0 Å². The summed E-state index contributed by atoms with van der Waals surface area (Å²) in [5.41, 5.74) is 4.32. The van der Waals surface area contributed by atoms with E-state index in [2.05, 4.69) is 30.3 Å². The minimum Gasteiger partial charge on any atom is -0.323 e. The van der Waals surface area contributed by atoms with Crippen LogP contribution < -0.4 is 5.32 Å². The Kier molecular flexibility index (Phi) is 3.40. The number of carbonyl (C=O) groups excluding carboxylic acids is 1. The molecule has 0 aliphatic rings. The summed E-state index contributed by atoms with van der Waals surface area (Å²) in [6, 6.07) is 7.96. The Hall–Kier alpha value is -1.87. The van der Waals surface area contributed by atoms with E-state index in [4.69, 9.17) is 0 Å². The largest absolute Gasteiger partial charge is 0.323 e. The molecule has 0 unspecified atom stereocenters. The van der Waals surface area contributed by atoms with Gasteiger partial charge in [0.05, 0.1) is 0 Å². The fourth-order valence-electron chi connectivity index (χ4n) is 1.62. The summed E-state index contributed by atoms with van der Waals surface area (Å²) in [4.78, 5) is 11.2. The first-order valence-corrected chi connectivity index (χ1v) is 6.21. The van der Waals surface area contributed by atoms with Gasteiger partial charge < -0.3 is 5.32 Å². The second-order valence-corrected chi connectivity index (χ2v) is 4.52. The van der Waals surface area contributed by atoms with Gasteiger partial charge in [-0.25, -0.2) is 0 Å². The predicted octanol–water partition coefficient (Wildman–Crippen LogP) is 3.85. The van der Waals surface area contributed by atoms with Crippen LogP contribution in [0, 0.1) is 6.92 Å². The zero-order chi connectivity index (χ0) is 12.3. The maximum atomic E-state index is 11.2. The molecule has 1 heterocycles. The standard InChI is InChI=1S/C14H13NOS/c1-3-14(16)15-12-5-4-10(2)13(8-12)11-6-7-17-9-11/h3-9H,1H2,2H3,(H,15,16). The van der Waals surface area contributed by atoms with E-state index >= 15 is 0 Å². The first-order chi connectivity index (χ1) is 8.20. The Labute approximate surface area is 105 Å². The molecule has 2 aromatic rings. The third-order valence-corrected chi connectivity index (χ3v) is 3.21. The fraction of sp³-hybridized carbons (Fsp3) is 0.0714. The zero-order valence-corrected chi connectivity index (χ0v) is 10.4. The number of amides is 1. The van der Waals surface area contributed by atoms with Crippen LogP contribution in [0.3, 0.4) is 0 Å². The molecule has 1 amide bonds. The number of carbonyl (C=O) groups is 1. The number of rotatable bonds is 3. The van der Waals surface area contributed by atoms with E-state index in [1.807, 2.05) is 23.6 Å². The number of hydrogen-bond acceptors (Lipinski definition) is 2. The van der Waals surface area contributed by atoms with Gasteiger partial charge in [-0.15, -0.1) is 0 Å². The van der Waals surface area contributed by atoms with Gasteiger partial charge in [0.25, 0.3) is 0 Å². The van der Waals surface area contributed by atoms with Crippen LogP contribution in [-0.4, -0.2) is 5.91 Å². The van der Waals surface area contributed by atoms with Crippen LogP contribution in [0.15, 0.2) is 47.7 Å². The van der Waals surface area contributed by atoms with Gasteiger partial charge in [0.1, 0.15) is 0 Å². The van der Waals surface area contributed by atoms with Crippen LogP contribution in [0.1, 0.15) is 5.56 Å². The molecule has 0 fully saturated rings. The average Bonchev–Trinajstić information content (AvgIpc) is 2.85. The Balaban J connectivity index is 2.36. The third kappa shape index (κ3) is 2.63. The molecule has 0 aliphatic heterocycles. The van der Waals surface area contributed by atoms with Crippen molar-refractivity contribution in [3.8, 4) is 11.1 Å². The van der Waals surface area contributed by atoms with Crippen molar-refractivity contribution in [3.63, 3.8) is 0 Å². The van der Waals surface area contributed by atoms with E-state index in [1.54, 1.807) is 11.3 Å². The number of nitrogens with one attached hydrogen (secondary N) is 1. The van der Waals surface area contributed by atoms with Crippen LogP contribution >= 0.6 is 11.3 Å². The van der Waals surface area contributed by atoms with Crippen LogP contribution in [0.2, 0.25) is 0 Å². The van der Waals surface area contributed by atoms with Crippen molar-refractivity contribution in [2.75, 3.05) is 5.32 Å². The lowest BCUT2D eigenvalue weighted by atomic mass is 10.0. The van der Waals surface area contributed by atoms with Crippen molar-refractivity contribution in [1.29, 1.82) is 0 Å². The summed E-state index contributed by atoms with van der Waals surface area (Å²) in [5.74, 6) is -0.190. The molecule has 2 nitrogen and oxygen atoms in total. The van der Waals surface area contributed by atoms with Gasteiger partial charge in [0.2, 0.25) is 5.91 Å². The summed E-state index contributed by atoms with van der Waals surface area (Å²) in [5, 5.41) is 6.91. The number of aryl methyl sites for hydroxylation is 1. The van der Waals surface area contributed by atoms with Gasteiger partial charge in [0, 0.05) is 5.69 Å². The SMILES string of the molecule is C=CC(=O)Nc1ccc(C)c(-c2ccsc2)c1. The molecule has 0 aliphatic carbocycles. The predicted molar refractivity (Wildman–Crippen MR) is 73.3 cm³/mol. The van der Waals surface area contributed by atoms with Gasteiger partial charge in [0.15, 0.2) is 0 Å². The van der Waals surface area contributed by atoms with Crippen LogP contribution in [0.5, 0.6) is 0 Å². The van der Waals surface area contributed by atoms with Crippen molar-refractivity contribution >= 4 is 22.9 Å². The second-order valence-electron chi connectivity index (χ2n) is 3.74. The molecule has 0 bridgehead atoms. The summed E-state index contributed by atoms with van der Waals surface area (Å²) >= 11 is 1.66. The lowest BCUT2D eigenvalue weighted by Crippen LogP contribution is -2.07. The van der Waals surface area contributed by atoms with Gasteiger partial charge in [-0.2, -0.15) is 11.3 Å². The van der Waals surface area contributed by atoms with E-state index in [0.717, 1.165) is 11.3 Å². The molecule has 0 radical (unpaired) electrons. The highest BCUT2D eigenvalue weighted by Crippen LogP contribution is 2.28. The van der Waals surface area contributed by atoms with Crippen molar-refractivity contribution in [1.82, 2.24) is 0 Å². The van der Waals surface area contributed by atoms with Crippen LogP contribution in [0.25, 0.3) is 11.1 Å². The minimum absolute atomic E-state index is 0.190. The van der Waals surface area contributed by atoms with Gasteiger partial charge in [-0.05, 0) is 58.6 Å². The Morgan fingerprint density at radius 3 is 2.88 bits per heavy atom. The zero-order valence-electron chi connectivity index (χ0n) is 9.57. The van der Waals surface area contributed by atoms with Crippen LogP contribution in [-0.2, 0) is 4.79 Å². The van der Waals surface area contributed by atoms with Crippen molar-refractivity contribution in [3.05, 3.63) is 53.2 Å². The number of thiophene rings is 1. The van der Waals surface area contributed by atoms with Crippen molar-refractivity contribution in [2.24, 2.45) is 0 Å². The monoisotopic (exact) mass is 243 g/mol. The van der Waals surface area contributed by atoms with Gasteiger partial charge in [-0.3, -0.25) is 4.79 Å². The van der Waals surface area contributed by atoms with E-state index in [0.29, 0.717) is 0 Å². The number of hydrogen-bond donors (Lipinski definition) is 1. The molecule has 0 saturated heterocycles. The normalized spacial score (nSPS) is 9.94. The highest BCUT2D eigenvalue weighted by Gasteiger charge is 2.05. The summed E-state index contributed by atoms with van der Waals surface area (Å²) in [6.45, 7) is 5.50. The third-order valence-electron chi connectivity index (χ3n) is 2.52. The lowest BCUT2D eigenvalue weighted by molar-refractivity contribution is -0.111. The molecule has 17 heavy (non-hydrogen) atoms. The lowest BCUT2D eigenvalue weighted by Gasteiger charge is -2.08. The number of anilines is 1. The second kappa shape index (κ2) is 4.97. The summed E-state index contributed by atoms with van der Waals surface area (Å²) in [7, 11) is 0. The van der Waals surface area contributed by atoms with E-state index in [9.17, 15) is 4.79 Å². The Bertz CT molecular complexity index is 543. The molecule has 0 saturated carbocycles. The maximum absolute atomic E-state index is 11.2. The quantitative estimate of drug-likeness (QED) is 0.815. The molecular weight excluding hydrogens is 230 g/mol.